The standard InChI is InChI=1S/C17H16N3OS2/c1-19-12-6-2-4-8-14(12)22-16(19)18-17-20(10-11-21)13-7-3-5-9-15(13)23-17/h2-9,16H,10-11H2,1H3/q-1/p+1. The minimum atomic E-state index is -0.100. The first-order valence-corrected chi connectivity index (χ1v) is 9.25. The minimum absolute atomic E-state index is 0.0332. The molecule has 1 N–H and O–H groups in total. The fraction of sp³-hybridized carbons (Fsp3) is 0.235. The molecule has 0 bridgehead atoms. The normalized spacial score (nSPS) is 24.1. The van der Waals surface area contributed by atoms with E-state index in [2.05, 4.69) is 48.3 Å². The van der Waals surface area contributed by atoms with Crippen LogP contribution in [0.3, 0.4) is 0 Å². The zero-order valence-corrected chi connectivity index (χ0v) is 14.4. The average Bonchev–Trinajstić information content (AvgIpc) is 3.08. The first-order chi connectivity index (χ1) is 11.3. The monoisotopic (exact) mass is 343 g/mol. The lowest BCUT2D eigenvalue weighted by Gasteiger charge is -2.20. The van der Waals surface area contributed by atoms with Gasteiger partial charge in [0.25, 0.3) is 5.17 Å². The van der Waals surface area contributed by atoms with Gasteiger partial charge < -0.3 is 10.0 Å². The van der Waals surface area contributed by atoms with Crippen molar-refractivity contribution in [3.63, 3.8) is 0 Å². The summed E-state index contributed by atoms with van der Waals surface area (Å²) in [6.45, 7) is 0.439. The summed E-state index contributed by atoms with van der Waals surface area (Å²) in [6, 6.07) is 16.6. The van der Waals surface area contributed by atoms with Gasteiger partial charge in [-0.05, 0) is 30.0 Å². The lowest BCUT2D eigenvalue weighted by molar-refractivity contribution is -0.738. The third-order valence-electron chi connectivity index (χ3n) is 4.07. The summed E-state index contributed by atoms with van der Waals surface area (Å²) in [5, 5.41) is 12.2. The number of fused-ring (bicyclic) bond motifs is 2. The van der Waals surface area contributed by atoms with Crippen molar-refractivity contribution in [1.29, 1.82) is 0 Å². The molecular formula is C17H17N3OS2. The fourth-order valence-corrected chi connectivity index (χ4v) is 5.26. The number of benzene rings is 2. The molecule has 2 heterocycles. The van der Waals surface area contributed by atoms with E-state index in [1.165, 1.54) is 21.2 Å². The van der Waals surface area contributed by atoms with Crippen molar-refractivity contribution in [3.8, 4) is 0 Å². The number of anilines is 1. The third-order valence-corrected chi connectivity index (χ3v) is 6.42. The van der Waals surface area contributed by atoms with Gasteiger partial charge >= 0.3 is 0 Å². The molecular weight excluding hydrogens is 326 g/mol. The second-order valence-corrected chi connectivity index (χ2v) is 7.62. The number of para-hydroxylation sites is 2. The lowest BCUT2D eigenvalue weighted by atomic mass is 10.3. The van der Waals surface area contributed by atoms with Crippen molar-refractivity contribution in [3.05, 3.63) is 48.5 Å². The molecule has 0 fully saturated rings. The summed E-state index contributed by atoms with van der Waals surface area (Å²) in [4.78, 5) is 10.7. The number of nitrogens with zero attached hydrogens (tertiary/aromatic N) is 2. The summed E-state index contributed by atoms with van der Waals surface area (Å²) < 4.78 is 0. The van der Waals surface area contributed by atoms with Crippen LogP contribution >= 0.6 is 23.5 Å². The van der Waals surface area contributed by atoms with Crippen LogP contribution in [0.5, 0.6) is 0 Å². The van der Waals surface area contributed by atoms with Gasteiger partial charge in [0.2, 0.25) is 0 Å². The highest BCUT2D eigenvalue weighted by atomic mass is 32.2. The Hall–Kier alpha value is -1.47. The van der Waals surface area contributed by atoms with E-state index in [9.17, 15) is 5.11 Å². The van der Waals surface area contributed by atoms with Gasteiger partial charge in [-0.1, -0.05) is 42.6 Å². The molecule has 2 aliphatic heterocycles. The molecule has 6 heteroatoms. The number of hydrogen-bond acceptors (Lipinski definition) is 5. The van der Waals surface area contributed by atoms with Crippen molar-refractivity contribution in [2.75, 3.05) is 25.1 Å². The van der Waals surface area contributed by atoms with Crippen LogP contribution in [0.25, 0.3) is 0 Å². The molecule has 0 saturated carbocycles. The fourth-order valence-electron chi connectivity index (χ4n) is 2.91. The van der Waals surface area contributed by atoms with Gasteiger partial charge in [-0.15, -0.1) is 0 Å². The van der Waals surface area contributed by atoms with Crippen LogP contribution in [0.1, 0.15) is 0 Å². The second-order valence-electron chi connectivity index (χ2n) is 5.49. The Morgan fingerprint density at radius 1 is 1.13 bits per heavy atom. The number of rotatable bonds is 3. The highest BCUT2D eigenvalue weighted by Crippen LogP contribution is 2.43. The molecule has 0 amide bonds. The molecule has 2 unspecified atom stereocenters. The molecule has 118 valence electrons. The van der Waals surface area contributed by atoms with Crippen molar-refractivity contribution in [2.45, 2.75) is 15.3 Å². The van der Waals surface area contributed by atoms with Crippen LogP contribution in [0.4, 0.5) is 11.4 Å². The van der Waals surface area contributed by atoms with E-state index in [1.807, 2.05) is 12.1 Å². The van der Waals surface area contributed by atoms with Gasteiger partial charge in [0.05, 0.1) is 17.1 Å². The summed E-state index contributed by atoms with van der Waals surface area (Å²) >= 11 is 3.45. The Bertz CT molecular complexity index is 765. The van der Waals surface area contributed by atoms with Gasteiger partial charge in [0.15, 0.2) is 11.2 Å². The Morgan fingerprint density at radius 3 is 2.65 bits per heavy atom. The number of aliphatic imine (C=N–C) groups is 1. The molecule has 2 aromatic rings. The molecule has 2 atom stereocenters. The second kappa shape index (κ2) is 6.20. The maximum Gasteiger partial charge on any atom is 0.270 e. The molecule has 0 spiro atoms. The van der Waals surface area contributed by atoms with Crippen molar-refractivity contribution < 1.29 is 10.0 Å². The number of amidine groups is 1. The number of hydrogen-bond donors (Lipinski definition) is 1. The number of nitrogens with one attached hydrogen (secondary N) is 1. The van der Waals surface area contributed by atoms with Crippen LogP contribution in [0.15, 0.2) is 63.3 Å². The van der Waals surface area contributed by atoms with E-state index in [1.54, 1.807) is 23.5 Å². The van der Waals surface area contributed by atoms with E-state index < -0.39 is 0 Å². The predicted molar refractivity (Wildman–Crippen MR) is 94.6 cm³/mol. The van der Waals surface area contributed by atoms with Crippen LogP contribution in [-0.2, 0) is 0 Å². The highest BCUT2D eigenvalue weighted by molar-refractivity contribution is 8.13. The van der Waals surface area contributed by atoms with E-state index in [0.29, 0.717) is 6.54 Å². The smallest absolute Gasteiger partial charge is 0.270 e. The van der Waals surface area contributed by atoms with Crippen LogP contribution in [0, 0.1) is 0 Å². The molecule has 0 radical (unpaired) electrons. The molecule has 0 aliphatic carbocycles. The first-order valence-electron chi connectivity index (χ1n) is 7.56. The Morgan fingerprint density at radius 2 is 1.87 bits per heavy atom. The lowest BCUT2D eigenvalue weighted by Crippen LogP contribution is -3.09. The predicted octanol–water partition coefficient (Wildman–Crippen LogP) is 1.55. The molecule has 0 saturated heterocycles. The maximum atomic E-state index is 11.2. The Labute approximate surface area is 144 Å². The van der Waals surface area contributed by atoms with Gasteiger partial charge in [-0.2, -0.15) is 4.99 Å². The molecule has 2 aromatic carbocycles. The summed E-state index contributed by atoms with van der Waals surface area (Å²) in [7, 11) is 2.08. The topological polar surface area (TPSA) is 43.1 Å². The van der Waals surface area contributed by atoms with Gasteiger partial charge in [0, 0.05) is 18.0 Å². The van der Waals surface area contributed by atoms with Gasteiger partial charge in [0.1, 0.15) is 0 Å². The number of quaternary nitrogens is 1. The zero-order valence-electron chi connectivity index (χ0n) is 12.7. The third kappa shape index (κ3) is 2.65. The Kier molecular flexibility index (Phi) is 4.07. The van der Waals surface area contributed by atoms with Gasteiger partial charge in [-0.25, -0.2) is 4.90 Å². The molecule has 0 aromatic heterocycles. The molecule has 4 rings (SSSR count). The number of thioether (sulfide) groups is 2. The maximum absolute atomic E-state index is 11.2. The first kappa shape index (κ1) is 15.1. The quantitative estimate of drug-likeness (QED) is 0.918. The molecule has 23 heavy (non-hydrogen) atoms. The van der Waals surface area contributed by atoms with Crippen molar-refractivity contribution in [2.24, 2.45) is 4.99 Å². The molecule has 2 aliphatic rings. The van der Waals surface area contributed by atoms with Crippen LogP contribution in [-0.4, -0.2) is 30.9 Å². The zero-order chi connectivity index (χ0) is 15.8. The SMILES string of the molecule is CN1c2ccccc2SC1N=C1Sc2ccccc2[NH+]1CC[O-]. The summed E-state index contributed by atoms with van der Waals surface area (Å²) in [5.74, 6) is 0. The minimum Gasteiger partial charge on any atom is -0.850 e. The van der Waals surface area contributed by atoms with Crippen molar-refractivity contribution >= 4 is 40.1 Å². The largest absolute Gasteiger partial charge is 0.850 e. The van der Waals surface area contributed by atoms with E-state index >= 15 is 0 Å². The Balaban J connectivity index is 1.65. The van der Waals surface area contributed by atoms with Crippen LogP contribution in [0.2, 0.25) is 0 Å². The van der Waals surface area contributed by atoms with E-state index in [-0.39, 0.29) is 12.1 Å². The highest BCUT2D eigenvalue weighted by Gasteiger charge is 2.35. The van der Waals surface area contributed by atoms with Crippen molar-refractivity contribution in [1.82, 2.24) is 0 Å². The molecule has 4 nitrogen and oxygen atoms in total. The van der Waals surface area contributed by atoms with Gasteiger partial charge in [-0.3, -0.25) is 0 Å². The van der Waals surface area contributed by atoms with E-state index in [4.69, 9.17) is 4.99 Å². The van der Waals surface area contributed by atoms with Crippen LogP contribution < -0.4 is 14.9 Å². The summed E-state index contributed by atoms with van der Waals surface area (Å²) in [5.41, 5.74) is 2.43. The van der Waals surface area contributed by atoms with E-state index in [0.717, 1.165) is 10.1 Å². The summed E-state index contributed by atoms with van der Waals surface area (Å²) in [6.07, 6.45) is 0. The average molecular weight is 343 g/mol.